The van der Waals surface area contributed by atoms with Crippen molar-refractivity contribution in [3.63, 3.8) is 0 Å². The first-order chi connectivity index (χ1) is 8.33. The summed E-state index contributed by atoms with van der Waals surface area (Å²) < 4.78 is 5.76. The zero-order valence-electron chi connectivity index (χ0n) is 9.30. The number of fused-ring (bicyclic) bond motifs is 1. The van der Waals surface area contributed by atoms with Gasteiger partial charge in [-0.15, -0.1) is 11.3 Å². The Kier molecular flexibility index (Phi) is 2.71. The number of nitrogens with two attached hydrogens (primary N) is 1. The van der Waals surface area contributed by atoms with Gasteiger partial charge in [-0.3, -0.25) is 0 Å². The minimum atomic E-state index is -0.0685. The number of benzene rings is 1. The van der Waals surface area contributed by atoms with Gasteiger partial charge >= 0.3 is 0 Å². The fourth-order valence-corrected chi connectivity index (χ4v) is 2.70. The van der Waals surface area contributed by atoms with Crippen molar-refractivity contribution in [1.82, 2.24) is 0 Å². The lowest BCUT2D eigenvalue weighted by Gasteiger charge is -2.05. The van der Waals surface area contributed by atoms with Crippen LogP contribution in [0.3, 0.4) is 0 Å². The van der Waals surface area contributed by atoms with Crippen molar-refractivity contribution in [3.05, 3.63) is 58.5 Å². The van der Waals surface area contributed by atoms with Gasteiger partial charge in [0.15, 0.2) is 0 Å². The van der Waals surface area contributed by atoms with E-state index in [0.717, 1.165) is 23.2 Å². The molecule has 3 heteroatoms. The molecule has 1 atom stereocenters. The fraction of sp³-hybridized carbons (Fsp3) is 0.143. The van der Waals surface area contributed by atoms with Crippen molar-refractivity contribution < 1.29 is 4.42 Å². The van der Waals surface area contributed by atoms with E-state index < -0.39 is 0 Å². The molecule has 3 aromatic rings. The van der Waals surface area contributed by atoms with Crippen LogP contribution in [0, 0.1) is 0 Å². The van der Waals surface area contributed by atoms with Crippen molar-refractivity contribution in [2.45, 2.75) is 12.5 Å². The van der Waals surface area contributed by atoms with Crippen LogP contribution in [0.15, 0.2) is 52.3 Å². The minimum absolute atomic E-state index is 0.0685. The third-order valence-corrected chi connectivity index (χ3v) is 3.71. The molecule has 0 aliphatic carbocycles. The molecule has 0 radical (unpaired) electrons. The summed E-state index contributed by atoms with van der Waals surface area (Å²) in [5.41, 5.74) is 7.07. The molecular weight excluding hydrogens is 230 g/mol. The molecule has 1 aromatic carbocycles. The van der Waals surface area contributed by atoms with E-state index in [0.29, 0.717) is 0 Å². The maximum absolute atomic E-state index is 6.16. The Bertz CT molecular complexity index is 579. The Morgan fingerprint density at radius 3 is 2.82 bits per heavy atom. The number of para-hydroxylation sites is 1. The highest BCUT2D eigenvalue weighted by Gasteiger charge is 2.12. The number of furan rings is 1. The summed E-state index contributed by atoms with van der Waals surface area (Å²) in [5.74, 6) is 0.861. The molecule has 0 aliphatic heterocycles. The highest BCUT2D eigenvalue weighted by atomic mass is 32.1. The van der Waals surface area contributed by atoms with E-state index in [4.69, 9.17) is 10.2 Å². The Hall–Kier alpha value is -1.58. The molecule has 0 amide bonds. The van der Waals surface area contributed by atoms with Gasteiger partial charge in [0, 0.05) is 16.7 Å². The first kappa shape index (κ1) is 10.6. The van der Waals surface area contributed by atoms with Crippen molar-refractivity contribution in [2.75, 3.05) is 0 Å². The molecule has 3 rings (SSSR count). The summed E-state index contributed by atoms with van der Waals surface area (Å²) in [4.78, 5) is 1.29. The SMILES string of the molecule is NC(Cc1cccs1)c1cc2ccccc2o1. The first-order valence-corrected chi connectivity index (χ1v) is 6.47. The molecule has 17 heavy (non-hydrogen) atoms. The lowest BCUT2D eigenvalue weighted by molar-refractivity contribution is 0.495. The second-order valence-electron chi connectivity index (χ2n) is 4.08. The van der Waals surface area contributed by atoms with Gasteiger partial charge in [-0.1, -0.05) is 24.3 Å². The normalized spacial score (nSPS) is 13.0. The maximum atomic E-state index is 6.16. The van der Waals surface area contributed by atoms with Crippen molar-refractivity contribution >= 4 is 22.3 Å². The number of thiophene rings is 1. The highest BCUT2D eigenvalue weighted by molar-refractivity contribution is 7.09. The molecule has 2 N–H and O–H groups in total. The third kappa shape index (κ3) is 2.12. The van der Waals surface area contributed by atoms with Crippen molar-refractivity contribution in [2.24, 2.45) is 5.73 Å². The summed E-state index contributed by atoms with van der Waals surface area (Å²) in [5, 5.41) is 3.19. The summed E-state index contributed by atoms with van der Waals surface area (Å²) in [6, 6.07) is 14.1. The van der Waals surface area contributed by atoms with Gasteiger partial charge in [-0.05, 0) is 23.6 Å². The number of hydrogen-bond donors (Lipinski definition) is 1. The highest BCUT2D eigenvalue weighted by Crippen LogP contribution is 2.25. The summed E-state index contributed by atoms with van der Waals surface area (Å²) in [6.45, 7) is 0. The van der Waals surface area contributed by atoms with E-state index in [9.17, 15) is 0 Å². The molecule has 0 bridgehead atoms. The van der Waals surface area contributed by atoms with Crippen LogP contribution in [0.4, 0.5) is 0 Å². The van der Waals surface area contributed by atoms with Gasteiger partial charge in [-0.2, -0.15) is 0 Å². The van der Waals surface area contributed by atoms with E-state index in [2.05, 4.69) is 11.4 Å². The predicted octanol–water partition coefficient (Wildman–Crippen LogP) is 3.74. The van der Waals surface area contributed by atoms with Crippen molar-refractivity contribution in [1.29, 1.82) is 0 Å². The Morgan fingerprint density at radius 1 is 1.18 bits per heavy atom. The summed E-state index contributed by atoms with van der Waals surface area (Å²) >= 11 is 1.73. The third-order valence-electron chi connectivity index (χ3n) is 2.81. The number of rotatable bonds is 3. The first-order valence-electron chi connectivity index (χ1n) is 5.59. The molecule has 86 valence electrons. The molecular formula is C14H13NOS. The van der Waals surface area contributed by atoms with E-state index >= 15 is 0 Å². The zero-order chi connectivity index (χ0) is 11.7. The van der Waals surface area contributed by atoms with Gasteiger partial charge in [0.25, 0.3) is 0 Å². The van der Waals surface area contributed by atoms with Crippen LogP contribution >= 0.6 is 11.3 Å². The average Bonchev–Trinajstić information content (AvgIpc) is 2.96. The smallest absolute Gasteiger partial charge is 0.134 e. The van der Waals surface area contributed by atoms with Gasteiger partial charge in [0.2, 0.25) is 0 Å². The second-order valence-corrected chi connectivity index (χ2v) is 5.11. The van der Waals surface area contributed by atoms with Crippen LogP contribution in [0.2, 0.25) is 0 Å². The molecule has 0 saturated heterocycles. The zero-order valence-corrected chi connectivity index (χ0v) is 10.1. The Labute approximate surface area is 104 Å². The predicted molar refractivity (Wildman–Crippen MR) is 71.2 cm³/mol. The van der Waals surface area contributed by atoms with Crippen molar-refractivity contribution in [3.8, 4) is 0 Å². The van der Waals surface area contributed by atoms with E-state index in [1.54, 1.807) is 11.3 Å². The maximum Gasteiger partial charge on any atom is 0.134 e. The van der Waals surface area contributed by atoms with Crippen LogP contribution in [-0.2, 0) is 6.42 Å². The molecule has 2 nitrogen and oxygen atoms in total. The number of hydrogen-bond acceptors (Lipinski definition) is 3. The molecule has 0 fully saturated rings. The summed E-state index contributed by atoms with van der Waals surface area (Å²) in [7, 11) is 0. The van der Waals surface area contributed by atoms with Crippen LogP contribution in [0.5, 0.6) is 0 Å². The van der Waals surface area contributed by atoms with Crippen LogP contribution in [-0.4, -0.2) is 0 Å². The Balaban J connectivity index is 1.88. The van der Waals surface area contributed by atoms with Crippen LogP contribution < -0.4 is 5.73 Å². The molecule has 1 unspecified atom stereocenters. The molecule has 0 spiro atoms. The minimum Gasteiger partial charge on any atom is -0.459 e. The standard InChI is InChI=1S/C14H13NOS/c15-12(9-11-5-3-7-17-11)14-8-10-4-1-2-6-13(10)16-14/h1-8,12H,9,15H2. The largest absolute Gasteiger partial charge is 0.459 e. The van der Waals surface area contributed by atoms with Crippen LogP contribution in [0.1, 0.15) is 16.7 Å². The van der Waals surface area contributed by atoms with Crippen LogP contribution in [0.25, 0.3) is 11.0 Å². The second kappa shape index (κ2) is 4.35. The van der Waals surface area contributed by atoms with E-state index in [1.807, 2.05) is 36.4 Å². The van der Waals surface area contributed by atoms with Gasteiger partial charge in [0.05, 0.1) is 6.04 Å². The average molecular weight is 243 g/mol. The fourth-order valence-electron chi connectivity index (χ4n) is 1.93. The summed E-state index contributed by atoms with van der Waals surface area (Å²) in [6.07, 6.45) is 0.831. The molecule has 2 heterocycles. The topological polar surface area (TPSA) is 39.2 Å². The molecule has 0 aliphatic rings. The Morgan fingerprint density at radius 2 is 2.06 bits per heavy atom. The van der Waals surface area contributed by atoms with Gasteiger partial charge in [0.1, 0.15) is 11.3 Å². The van der Waals surface area contributed by atoms with E-state index in [1.165, 1.54) is 4.88 Å². The van der Waals surface area contributed by atoms with Gasteiger partial charge in [-0.25, -0.2) is 0 Å². The quantitative estimate of drug-likeness (QED) is 0.761. The lowest BCUT2D eigenvalue weighted by atomic mass is 10.1. The molecule has 2 aromatic heterocycles. The molecule has 0 saturated carbocycles. The lowest BCUT2D eigenvalue weighted by Crippen LogP contribution is -2.11. The van der Waals surface area contributed by atoms with E-state index in [-0.39, 0.29) is 6.04 Å². The monoisotopic (exact) mass is 243 g/mol. The van der Waals surface area contributed by atoms with Gasteiger partial charge < -0.3 is 10.2 Å².